The van der Waals surface area contributed by atoms with Gasteiger partial charge in [0.05, 0.1) is 7.11 Å². The van der Waals surface area contributed by atoms with Crippen LogP contribution in [0.4, 0.5) is 0 Å². The van der Waals surface area contributed by atoms with Gasteiger partial charge >= 0.3 is 5.78 Å². The normalized spacial score (nSPS) is 17.8. The minimum Gasteiger partial charge on any atom is -0.664 e. The zero-order chi connectivity index (χ0) is 26.8. The first kappa shape index (κ1) is 23.2. The second-order valence-electron chi connectivity index (χ2n) is 10.0. The predicted molar refractivity (Wildman–Crippen MR) is 149 cm³/mol. The summed E-state index contributed by atoms with van der Waals surface area (Å²) in [5.41, 5.74) is 4.44. The summed E-state index contributed by atoms with van der Waals surface area (Å²) in [7, 11) is 1.36. The number of nitrogens with zero attached hydrogens (tertiary/aromatic N) is 1. The number of phenolic OH excluding ortho intramolecular Hbond substituents is 3. The monoisotopic (exact) mass is 519 g/mol. The van der Waals surface area contributed by atoms with Crippen LogP contribution in [-0.4, -0.2) is 33.0 Å². The van der Waals surface area contributed by atoms with E-state index in [0.717, 1.165) is 38.4 Å². The summed E-state index contributed by atoms with van der Waals surface area (Å²) in [6.07, 6.45) is 5.87. The largest absolute Gasteiger partial charge is 0.664 e. The van der Waals surface area contributed by atoms with Crippen LogP contribution in [0.15, 0.2) is 66.9 Å². The molecule has 7 heteroatoms. The van der Waals surface area contributed by atoms with Gasteiger partial charge in [-0.25, -0.2) is 0 Å². The lowest BCUT2D eigenvalue weighted by Gasteiger charge is -2.29. The van der Waals surface area contributed by atoms with Gasteiger partial charge in [0, 0.05) is 11.5 Å². The number of hydrogen-bond acceptors (Lipinski definition) is 5. The van der Waals surface area contributed by atoms with Crippen molar-refractivity contribution in [2.75, 3.05) is 7.11 Å². The molecule has 0 fully saturated rings. The predicted octanol–water partition coefficient (Wildman–Crippen LogP) is 5.85. The van der Waals surface area contributed by atoms with Gasteiger partial charge in [-0.2, -0.15) is 6.20 Å². The minimum absolute atomic E-state index is 0.0656. The quantitative estimate of drug-likeness (QED) is 0.257. The smallest absolute Gasteiger partial charge is 0.335 e. The van der Waals surface area contributed by atoms with Crippen LogP contribution < -0.4 is 14.5 Å². The van der Waals surface area contributed by atoms with Crippen molar-refractivity contribution in [3.8, 4) is 28.7 Å². The fourth-order valence-electron chi connectivity index (χ4n) is 6.03. The standard InChI is InChI=1S/C32H24NO6/c1-38-32-29(36)23(31-28(30(32)37)25(35)15-26(39-31)16-7-9-19(34)10-8-16)13-17-5-6-18-14-24-21(11-12-33-24)22-4-2-3-20(17)27(18)22/h2-12,14,17,26,34H,13,15H2,1H3,(H2,35,36,37)/q-1/p+1/t17-,26?/m0/s1. The van der Waals surface area contributed by atoms with Gasteiger partial charge < -0.3 is 29.8 Å². The number of allylic oxidation sites excluding steroid dienone is 1. The highest BCUT2D eigenvalue weighted by molar-refractivity contribution is 6.12. The number of benzene rings is 4. The molecule has 39 heavy (non-hydrogen) atoms. The zero-order valence-electron chi connectivity index (χ0n) is 21.0. The van der Waals surface area contributed by atoms with Crippen LogP contribution in [0.2, 0.25) is 0 Å². The van der Waals surface area contributed by atoms with E-state index < -0.39 is 6.10 Å². The molecule has 7 nitrogen and oxygen atoms in total. The van der Waals surface area contributed by atoms with Gasteiger partial charge in [0.1, 0.15) is 24.0 Å². The van der Waals surface area contributed by atoms with Gasteiger partial charge in [0.15, 0.2) is 17.1 Å². The molecule has 1 aliphatic carbocycles. The zero-order valence-corrected chi connectivity index (χ0v) is 21.0. The maximum absolute atomic E-state index is 11.3. The summed E-state index contributed by atoms with van der Waals surface area (Å²) < 4.78 is 11.7. The summed E-state index contributed by atoms with van der Waals surface area (Å²) in [5, 5.41) is 35.3. The van der Waals surface area contributed by atoms with Crippen molar-refractivity contribution in [1.29, 1.82) is 0 Å². The minimum atomic E-state index is -0.576. The van der Waals surface area contributed by atoms with Crippen LogP contribution in [0.25, 0.3) is 27.8 Å². The van der Waals surface area contributed by atoms with Gasteiger partial charge in [-0.3, -0.25) is 4.79 Å². The summed E-state index contributed by atoms with van der Waals surface area (Å²) >= 11 is 0. The Morgan fingerprint density at radius 2 is 1.85 bits per heavy atom. The molecule has 1 unspecified atom stereocenters. The highest BCUT2D eigenvalue weighted by Gasteiger charge is 2.40. The third-order valence-electron chi connectivity index (χ3n) is 7.88. The van der Waals surface area contributed by atoms with E-state index in [1.54, 1.807) is 24.3 Å². The summed E-state index contributed by atoms with van der Waals surface area (Å²) in [6.45, 7) is 0. The van der Waals surface area contributed by atoms with Crippen molar-refractivity contribution in [2.24, 2.45) is 0 Å². The number of rotatable bonds is 4. The molecule has 4 aromatic carbocycles. The highest BCUT2D eigenvalue weighted by atomic mass is 16.5. The van der Waals surface area contributed by atoms with E-state index in [-0.39, 0.29) is 52.4 Å². The number of ether oxygens (including phenoxy) is 2. The summed E-state index contributed by atoms with van der Waals surface area (Å²) in [4.78, 5) is 15.6. The van der Waals surface area contributed by atoms with Crippen LogP contribution in [0.3, 0.4) is 0 Å². The lowest BCUT2D eigenvalue weighted by atomic mass is 9.81. The number of carbonyl (C=O) groups excluding carboxylic acids is 1. The molecule has 2 atom stereocenters. The van der Waals surface area contributed by atoms with Gasteiger partial charge in [-0.15, -0.1) is 5.52 Å². The Hall–Kier alpha value is -4.91. The number of phenols is 3. The molecule has 2 aliphatic rings. The first-order chi connectivity index (χ1) is 18.9. The maximum atomic E-state index is 11.3. The fourth-order valence-corrected chi connectivity index (χ4v) is 6.03. The second-order valence-corrected chi connectivity index (χ2v) is 10.0. The number of methoxy groups -OCH3 is 1. The third-order valence-corrected chi connectivity index (χ3v) is 7.88. The average molecular weight is 520 g/mol. The van der Waals surface area contributed by atoms with Crippen LogP contribution in [0, 0.1) is 0 Å². The van der Waals surface area contributed by atoms with Crippen molar-refractivity contribution in [3.05, 3.63) is 94.7 Å². The molecule has 4 N–H and O–H groups in total. The molecule has 1 aromatic heterocycles. The topological polar surface area (TPSA) is 115 Å². The van der Waals surface area contributed by atoms with E-state index in [9.17, 15) is 20.1 Å². The van der Waals surface area contributed by atoms with Gasteiger partial charge in [-0.05, 0) is 51.4 Å². The van der Waals surface area contributed by atoms with Crippen molar-refractivity contribution >= 4 is 33.5 Å². The first-order valence-corrected chi connectivity index (χ1v) is 12.7. The highest BCUT2D eigenvalue weighted by Crippen LogP contribution is 2.53. The fraction of sp³-hybridized carbons (Fsp3) is 0.156. The Bertz CT molecular complexity index is 1830. The summed E-state index contributed by atoms with van der Waals surface area (Å²) in [5.74, 6) is -0.547. The van der Waals surface area contributed by atoms with Crippen LogP contribution in [0.1, 0.15) is 46.3 Å². The molecule has 0 spiro atoms. The van der Waals surface area contributed by atoms with E-state index in [0.29, 0.717) is 12.0 Å². The van der Waals surface area contributed by atoms with Crippen molar-refractivity contribution < 1.29 is 29.6 Å². The van der Waals surface area contributed by atoms with Crippen molar-refractivity contribution in [3.63, 3.8) is 0 Å². The maximum Gasteiger partial charge on any atom is 0.335 e. The molecule has 2 heterocycles. The summed E-state index contributed by atoms with van der Waals surface area (Å²) in [6, 6.07) is 16.9. The Labute approximate surface area is 223 Å². The van der Waals surface area contributed by atoms with Crippen LogP contribution in [0.5, 0.6) is 28.7 Å². The molecule has 7 rings (SSSR count). The Kier molecular flexibility index (Phi) is 5.10. The van der Waals surface area contributed by atoms with Crippen LogP contribution in [-0.2, 0) is 6.42 Å². The van der Waals surface area contributed by atoms with Crippen molar-refractivity contribution in [2.45, 2.75) is 24.9 Å². The van der Waals surface area contributed by atoms with Gasteiger partial charge in [0.25, 0.3) is 0 Å². The third kappa shape index (κ3) is 3.46. The lowest BCUT2D eigenvalue weighted by Crippen LogP contribution is -2.23. The number of aromatic hydroxyl groups is 3. The van der Waals surface area contributed by atoms with E-state index >= 15 is 0 Å². The van der Waals surface area contributed by atoms with Gasteiger partial charge in [0.2, 0.25) is 5.75 Å². The van der Waals surface area contributed by atoms with E-state index in [2.05, 4.69) is 35.3 Å². The molecule has 0 saturated carbocycles. The lowest BCUT2D eigenvalue weighted by molar-refractivity contribution is 0.197. The number of fused-ring (bicyclic) bond motifs is 3. The van der Waals surface area contributed by atoms with E-state index in [1.165, 1.54) is 7.11 Å². The van der Waals surface area contributed by atoms with E-state index in [4.69, 9.17) is 9.47 Å². The molecular formula is C32H25NO6. The molecule has 1 aliphatic heterocycles. The molecule has 194 valence electrons. The Balaban J connectivity index is 1.37. The second kappa shape index (κ2) is 8.56. The van der Waals surface area contributed by atoms with Crippen LogP contribution >= 0.6 is 0 Å². The number of hydrogen-bond donors (Lipinski definition) is 3. The van der Waals surface area contributed by atoms with Crippen molar-refractivity contribution in [1.82, 2.24) is 4.98 Å². The van der Waals surface area contributed by atoms with Gasteiger partial charge in [-0.1, -0.05) is 54.6 Å². The molecule has 0 radical (unpaired) electrons. The molecule has 0 bridgehead atoms. The van der Waals surface area contributed by atoms with E-state index in [1.807, 2.05) is 18.3 Å². The molecular weight excluding hydrogens is 494 g/mol. The number of ketones is 1. The molecule has 0 amide bonds. The number of aromatic nitrogens is 1. The Morgan fingerprint density at radius 1 is 1.03 bits per heavy atom. The first-order valence-electron chi connectivity index (χ1n) is 12.7. The average Bonchev–Trinajstić information content (AvgIpc) is 3.41. The molecule has 5 aromatic rings. The SMILES string of the molecule is COc1c(O)c(C[C@@H]2C=Cc3cc4[n-]ccc4c4cccc2c34)c2c(c1O)C(=[OH+])CC(c1ccc(O)cc1)O2. The molecule has 0 saturated heterocycles. The Morgan fingerprint density at radius 3 is 2.64 bits per heavy atom.